The number of primary sulfonamides is 1. The number of nitrogens with one attached hydrogen (secondary N) is 1. The Bertz CT molecular complexity index is 740. The summed E-state index contributed by atoms with van der Waals surface area (Å²) in [6.07, 6.45) is 4.40. The zero-order chi connectivity index (χ0) is 16.9. The summed E-state index contributed by atoms with van der Waals surface area (Å²) in [6.45, 7) is 2.53. The molecule has 0 radical (unpaired) electrons. The minimum absolute atomic E-state index is 0.0211. The third kappa shape index (κ3) is 5.50. The molecule has 124 valence electrons. The molecule has 0 fully saturated rings. The number of rotatable bonds is 7. The van der Waals surface area contributed by atoms with E-state index in [9.17, 15) is 13.2 Å². The van der Waals surface area contributed by atoms with Crippen molar-refractivity contribution in [2.75, 3.05) is 0 Å². The number of nitrogens with zero attached hydrogens (tertiary/aromatic N) is 2. The first kappa shape index (κ1) is 17.2. The minimum Gasteiger partial charge on any atom is -0.352 e. The van der Waals surface area contributed by atoms with Crippen molar-refractivity contribution in [3.05, 3.63) is 48.3 Å². The zero-order valence-corrected chi connectivity index (χ0v) is 13.7. The van der Waals surface area contributed by atoms with E-state index in [-0.39, 0.29) is 16.8 Å². The predicted octanol–water partition coefficient (Wildman–Crippen LogP) is 0.668. The number of benzene rings is 1. The van der Waals surface area contributed by atoms with E-state index in [1.165, 1.54) is 12.1 Å². The average molecular weight is 336 g/mol. The van der Waals surface area contributed by atoms with Crippen LogP contribution in [0.1, 0.15) is 18.9 Å². The van der Waals surface area contributed by atoms with E-state index in [1.54, 1.807) is 23.0 Å². The van der Waals surface area contributed by atoms with Crippen molar-refractivity contribution in [3.63, 3.8) is 0 Å². The number of hydrogen-bond acceptors (Lipinski definition) is 4. The van der Waals surface area contributed by atoms with Crippen molar-refractivity contribution in [1.29, 1.82) is 0 Å². The highest BCUT2D eigenvalue weighted by atomic mass is 32.2. The fourth-order valence-electron chi connectivity index (χ4n) is 2.19. The van der Waals surface area contributed by atoms with E-state index >= 15 is 0 Å². The number of hydrogen-bond donors (Lipinski definition) is 2. The highest BCUT2D eigenvalue weighted by Gasteiger charge is 2.10. The van der Waals surface area contributed by atoms with Gasteiger partial charge in [0.15, 0.2) is 0 Å². The molecule has 7 nitrogen and oxygen atoms in total. The normalized spacial score (nSPS) is 12.8. The Labute approximate surface area is 135 Å². The van der Waals surface area contributed by atoms with E-state index in [0.29, 0.717) is 19.4 Å². The van der Waals surface area contributed by atoms with Gasteiger partial charge in [-0.3, -0.25) is 9.48 Å². The molecular weight excluding hydrogens is 316 g/mol. The Morgan fingerprint density at radius 2 is 2.04 bits per heavy atom. The molecule has 3 N–H and O–H groups in total. The van der Waals surface area contributed by atoms with Gasteiger partial charge in [0.2, 0.25) is 15.9 Å². The summed E-state index contributed by atoms with van der Waals surface area (Å²) in [5.74, 6) is -0.0554. The lowest BCUT2D eigenvalue weighted by Gasteiger charge is -2.14. The van der Waals surface area contributed by atoms with Crippen LogP contribution in [0.2, 0.25) is 0 Å². The zero-order valence-electron chi connectivity index (χ0n) is 12.8. The van der Waals surface area contributed by atoms with Gasteiger partial charge in [-0.1, -0.05) is 12.1 Å². The van der Waals surface area contributed by atoms with Gasteiger partial charge in [0.1, 0.15) is 0 Å². The third-order valence-electron chi connectivity index (χ3n) is 3.32. The van der Waals surface area contributed by atoms with Crippen molar-refractivity contribution in [2.24, 2.45) is 5.14 Å². The number of carbonyl (C=O) groups is 1. The van der Waals surface area contributed by atoms with E-state index < -0.39 is 10.0 Å². The molecule has 0 saturated carbocycles. The first-order chi connectivity index (χ1) is 10.8. The van der Waals surface area contributed by atoms with Crippen LogP contribution in [0, 0.1) is 0 Å². The van der Waals surface area contributed by atoms with Crippen LogP contribution >= 0.6 is 0 Å². The van der Waals surface area contributed by atoms with Crippen LogP contribution in [0.25, 0.3) is 0 Å². The van der Waals surface area contributed by atoms with Gasteiger partial charge in [-0.05, 0) is 37.1 Å². The van der Waals surface area contributed by atoms with Crippen LogP contribution in [0.4, 0.5) is 0 Å². The van der Waals surface area contributed by atoms with Gasteiger partial charge in [-0.25, -0.2) is 13.6 Å². The van der Waals surface area contributed by atoms with Crippen LogP contribution in [-0.4, -0.2) is 30.1 Å². The molecule has 23 heavy (non-hydrogen) atoms. The molecule has 1 aromatic carbocycles. The molecule has 0 aliphatic rings. The molecule has 1 atom stereocenters. The molecule has 1 aromatic heterocycles. The van der Waals surface area contributed by atoms with Crippen LogP contribution in [0.3, 0.4) is 0 Å². The van der Waals surface area contributed by atoms with Gasteiger partial charge >= 0.3 is 0 Å². The highest BCUT2D eigenvalue weighted by Crippen LogP contribution is 2.10. The van der Waals surface area contributed by atoms with Crippen molar-refractivity contribution < 1.29 is 13.2 Å². The number of aryl methyl sites for hydroxylation is 1. The van der Waals surface area contributed by atoms with Crippen molar-refractivity contribution in [1.82, 2.24) is 15.1 Å². The fourth-order valence-corrected chi connectivity index (χ4v) is 2.70. The van der Waals surface area contributed by atoms with E-state index in [4.69, 9.17) is 5.14 Å². The van der Waals surface area contributed by atoms with E-state index in [0.717, 1.165) is 5.56 Å². The lowest BCUT2D eigenvalue weighted by atomic mass is 10.1. The summed E-state index contributed by atoms with van der Waals surface area (Å²) in [4.78, 5) is 12.0. The smallest absolute Gasteiger partial charge is 0.238 e. The standard InChI is InChI=1S/C15H20N4O3S/c1-12(11-19-10-2-9-17-19)18-15(20)8-5-13-3-6-14(7-4-13)23(16,21)22/h2-4,6-7,9-10,12H,5,8,11H2,1H3,(H,18,20)(H2,16,21,22)/t12-/m1/s1. The molecule has 0 unspecified atom stereocenters. The van der Waals surface area contributed by atoms with Gasteiger partial charge in [-0.2, -0.15) is 5.10 Å². The SMILES string of the molecule is C[C@H](Cn1cccn1)NC(=O)CCc1ccc(S(N)(=O)=O)cc1. The Kier molecular flexibility index (Phi) is 5.51. The number of sulfonamides is 1. The van der Waals surface area contributed by atoms with Crippen LogP contribution < -0.4 is 10.5 Å². The largest absolute Gasteiger partial charge is 0.352 e. The molecule has 2 aromatic rings. The lowest BCUT2D eigenvalue weighted by Crippen LogP contribution is -2.35. The molecule has 0 saturated heterocycles. The Morgan fingerprint density at radius 1 is 1.35 bits per heavy atom. The Balaban J connectivity index is 1.80. The molecular formula is C15H20N4O3S. The maximum absolute atomic E-state index is 11.9. The first-order valence-electron chi connectivity index (χ1n) is 7.23. The molecule has 0 aliphatic carbocycles. The highest BCUT2D eigenvalue weighted by molar-refractivity contribution is 7.89. The molecule has 0 aliphatic heterocycles. The molecule has 8 heteroatoms. The molecule has 0 bridgehead atoms. The summed E-state index contributed by atoms with van der Waals surface area (Å²) in [7, 11) is -3.68. The summed E-state index contributed by atoms with van der Waals surface area (Å²) in [5, 5.41) is 12.0. The molecule has 1 heterocycles. The summed E-state index contributed by atoms with van der Waals surface area (Å²) in [5.41, 5.74) is 0.882. The summed E-state index contributed by atoms with van der Waals surface area (Å²) >= 11 is 0. The van der Waals surface area contributed by atoms with Crippen molar-refractivity contribution in [2.45, 2.75) is 37.2 Å². The van der Waals surface area contributed by atoms with Crippen molar-refractivity contribution in [3.8, 4) is 0 Å². The van der Waals surface area contributed by atoms with Crippen LogP contribution in [0.5, 0.6) is 0 Å². The first-order valence-corrected chi connectivity index (χ1v) is 8.78. The average Bonchev–Trinajstić information content (AvgIpc) is 2.97. The Morgan fingerprint density at radius 3 is 2.61 bits per heavy atom. The van der Waals surface area contributed by atoms with Crippen LogP contribution in [-0.2, 0) is 27.8 Å². The maximum atomic E-state index is 11.9. The summed E-state index contributed by atoms with van der Waals surface area (Å²) in [6, 6.07) is 8.04. The van der Waals surface area contributed by atoms with Gasteiger partial charge in [0.25, 0.3) is 0 Å². The lowest BCUT2D eigenvalue weighted by molar-refractivity contribution is -0.121. The van der Waals surface area contributed by atoms with Crippen LogP contribution in [0.15, 0.2) is 47.6 Å². The quantitative estimate of drug-likeness (QED) is 0.775. The molecule has 1 amide bonds. The second-order valence-corrected chi connectivity index (χ2v) is 6.95. The second-order valence-electron chi connectivity index (χ2n) is 5.39. The van der Waals surface area contributed by atoms with Gasteiger partial charge < -0.3 is 5.32 Å². The number of nitrogens with two attached hydrogens (primary N) is 1. The monoisotopic (exact) mass is 336 g/mol. The molecule has 0 spiro atoms. The van der Waals surface area contributed by atoms with Gasteiger partial charge in [-0.15, -0.1) is 0 Å². The number of carbonyl (C=O) groups excluding carboxylic acids is 1. The second kappa shape index (κ2) is 7.38. The minimum atomic E-state index is -3.68. The predicted molar refractivity (Wildman–Crippen MR) is 86.0 cm³/mol. The number of amides is 1. The topological polar surface area (TPSA) is 107 Å². The summed E-state index contributed by atoms with van der Waals surface area (Å²) < 4.78 is 24.1. The Hall–Kier alpha value is -2.19. The maximum Gasteiger partial charge on any atom is 0.238 e. The van der Waals surface area contributed by atoms with E-state index in [2.05, 4.69) is 10.4 Å². The van der Waals surface area contributed by atoms with Gasteiger partial charge in [0.05, 0.1) is 11.4 Å². The van der Waals surface area contributed by atoms with Gasteiger partial charge in [0, 0.05) is 24.9 Å². The van der Waals surface area contributed by atoms with E-state index in [1.807, 2.05) is 19.2 Å². The number of aromatic nitrogens is 2. The third-order valence-corrected chi connectivity index (χ3v) is 4.25. The molecule has 2 rings (SSSR count). The fraction of sp³-hybridized carbons (Fsp3) is 0.333. The van der Waals surface area contributed by atoms with Crippen molar-refractivity contribution >= 4 is 15.9 Å².